The van der Waals surface area contributed by atoms with E-state index in [0.29, 0.717) is 22.8 Å². The van der Waals surface area contributed by atoms with Crippen LogP contribution in [0.2, 0.25) is 0 Å². The SMILES string of the molecule is CCC1/N=C(\N)c2cc(ccn2)Sc2c(F)cc3[nH]ccc3c2CCSCC(C)(C)CCC[C@]1(C)c1cccc(CC(C)C(=O)O)c1. The van der Waals surface area contributed by atoms with Crippen LogP contribution in [0.25, 0.3) is 10.9 Å². The number of nitrogens with one attached hydrogen (secondary N) is 1. The van der Waals surface area contributed by atoms with Crippen LogP contribution in [-0.4, -0.2) is 44.4 Å². The minimum absolute atomic E-state index is 0.115. The maximum Gasteiger partial charge on any atom is 0.306 e. The predicted molar refractivity (Wildman–Crippen MR) is 194 cm³/mol. The average Bonchev–Trinajstić information content (AvgIpc) is 3.50. The van der Waals surface area contributed by atoms with E-state index in [1.54, 1.807) is 19.2 Å². The van der Waals surface area contributed by atoms with Gasteiger partial charge >= 0.3 is 5.97 Å². The average molecular weight is 675 g/mol. The van der Waals surface area contributed by atoms with E-state index in [9.17, 15) is 9.90 Å². The lowest BCUT2D eigenvalue weighted by atomic mass is 9.70. The number of carboxylic acid groups (broad SMARTS) is 1. The summed E-state index contributed by atoms with van der Waals surface area (Å²) in [7, 11) is 0. The van der Waals surface area contributed by atoms with E-state index in [0.717, 1.165) is 76.1 Å². The molecule has 4 N–H and O–H groups in total. The fourth-order valence-corrected chi connectivity index (χ4v) is 8.98. The Morgan fingerprint density at radius 3 is 2.74 bits per heavy atom. The van der Waals surface area contributed by atoms with Gasteiger partial charge in [0.05, 0.1) is 16.9 Å². The van der Waals surface area contributed by atoms with Crippen molar-refractivity contribution in [1.82, 2.24) is 9.97 Å². The summed E-state index contributed by atoms with van der Waals surface area (Å²) in [5, 5.41) is 10.6. The second kappa shape index (κ2) is 14.9. The van der Waals surface area contributed by atoms with Crippen molar-refractivity contribution in [3.8, 4) is 0 Å². The van der Waals surface area contributed by atoms with Crippen molar-refractivity contribution in [1.29, 1.82) is 0 Å². The number of hydrogen-bond acceptors (Lipinski definition) is 6. The second-order valence-electron chi connectivity index (χ2n) is 13.9. The number of aromatic amines is 1. The van der Waals surface area contributed by atoms with Gasteiger partial charge in [0, 0.05) is 33.6 Å². The van der Waals surface area contributed by atoms with E-state index >= 15 is 4.39 Å². The number of halogens is 1. The number of aliphatic carboxylic acids is 1. The number of nitrogens with zero attached hydrogens (tertiary/aromatic N) is 2. The normalized spacial score (nSPS) is 22.8. The molecule has 3 atom stereocenters. The van der Waals surface area contributed by atoms with Crippen molar-refractivity contribution >= 4 is 46.2 Å². The van der Waals surface area contributed by atoms with Crippen molar-refractivity contribution in [2.45, 2.75) is 94.4 Å². The highest BCUT2D eigenvalue weighted by Crippen LogP contribution is 2.41. The molecule has 1 aliphatic rings. The van der Waals surface area contributed by atoms with Crippen LogP contribution in [0.15, 0.2) is 75.7 Å². The number of fused-ring (bicyclic) bond motifs is 5. The molecule has 0 saturated carbocycles. The van der Waals surface area contributed by atoms with Gasteiger partial charge in [-0.2, -0.15) is 11.8 Å². The van der Waals surface area contributed by atoms with Crippen molar-refractivity contribution in [3.05, 3.63) is 89.1 Å². The van der Waals surface area contributed by atoms with Crippen LogP contribution in [-0.2, 0) is 23.1 Å². The first-order chi connectivity index (χ1) is 22.4. The quantitative estimate of drug-likeness (QED) is 0.195. The Bertz CT molecular complexity index is 1750. The summed E-state index contributed by atoms with van der Waals surface area (Å²) >= 11 is 3.35. The van der Waals surface area contributed by atoms with Crippen LogP contribution >= 0.6 is 23.5 Å². The fraction of sp³-hybridized carbons (Fsp3) is 0.447. The van der Waals surface area contributed by atoms with Gasteiger partial charge in [-0.25, -0.2) is 4.39 Å². The van der Waals surface area contributed by atoms with Gasteiger partial charge in [0.15, 0.2) is 0 Å². The van der Waals surface area contributed by atoms with Gasteiger partial charge in [-0.05, 0) is 90.0 Å². The third-order valence-corrected chi connectivity index (χ3v) is 12.2. The molecule has 0 saturated heterocycles. The van der Waals surface area contributed by atoms with E-state index in [-0.39, 0.29) is 22.7 Å². The zero-order valence-corrected chi connectivity index (χ0v) is 29.7. The summed E-state index contributed by atoms with van der Waals surface area (Å²) in [6.07, 6.45) is 8.58. The lowest BCUT2D eigenvalue weighted by molar-refractivity contribution is -0.141. The molecule has 0 amide bonds. The predicted octanol–water partition coefficient (Wildman–Crippen LogP) is 9.04. The number of benzene rings is 2. The number of aliphatic imine (C=N–C) groups is 1. The van der Waals surface area contributed by atoms with Gasteiger partial charge in [0.2, 0.25) is 0 Å². The lowest BCUT2D eigenvalue weighted by Crippen LogP contribution is -2.37. The zero-order chi connectivity index (χ0) is 33.8. The number of aryl methyl sites for hydroxylation is 1. The van der Waals surface area contributed by atoms with Crippen LogP contribution in [0.3, 0.4) is 0 Å². The molecule has 4 aromatic rings. The van der Waals surface area contributed by atoms with Crippen molar-refractivity contribution in [3.63, 3.8) is 0 Å². The van der Waals surface area contributed by atoms with Crippen LogP contribution in [0.4, 0.5) is 4.39 Å². The summed E-state index contributed by atoms with van der Waals surface area (Å²) in [4.78, 5) is 26.1. The summed E-state index contributed by atoms with van der Waals surface area (Å²) in [5.41, 5.74) is 11.1. The Labute approximate surface area is 286 Å². The van der Waals surface area contributed by atoms with E-state index in [1.807, 2.05) is 48.3 Å². The number of rotatable bonds is 5. The number of carboxylic acids is 1. The molecule has 0 fully saturated rings. The summed E-state index contributed by atoms with van der Waals surface area (Å²) < 4.78 is 15.7. The van der Waals surface area contributed by atoms with Crippen molar-refractivity contribution in [2.75, 3.05) is 11.5 Å². The summed E-state index contributed by atoms with van der Waals surface area (Å²) in [5.74, 6) is 0.777. The molecule has 0 aliphatic carbocycles. The Kier molecular flexibility index (Phi) is 11.1. The third kappa shape index (κ3) is 8.23. The number of thioether (sulfide) groups is 1. The third-order valence-electron chi connectivity index (χ3n) is 9.59. The number of H-pyrrole nitrogens is 1. The minimum Gasteiger partial charge on any atom is -0.481 e. The van der Waals surface area contributed by atoms with Crippen molar-refractivity contribution < 1.29 is 14.3 Å². The monoisotopic (exact) mass is 674 g/mol. The first kappa shape index (κ1) is 35.0. The smallest absolute Gasteiger partial charge is 0.306 e. The topological polar surface area (TPSA) is 104 Å². The van der Waals surface area contributed by atoms with Crippen LogP contribution in [0.5, 0.6) is 0 Å². The minimum atomic E-state index is -0.793. The van der Waals surface area contributed by atoms with E-state index in [2.05, 4.69) is 49.8 Å². The van der Waals surface area contributed by atoms with Crippen LogP contribution < -0.4 is 5.73 Å². The highest BCUT2D eigenvalue weighted by Gasteiger charge is 2.36. The van der Waals surface area contributed by atoms with Crippen LogP contribution in [0.1, 0.15) is 82.7 Å². The molecular weight excluding hydrogens is 628 g/mol. The fourth-order valence-electron chi connectivity index (χ4n) is 6.76. The molecule has 9 heteroatoms. The Hall–Kier alpha value is -3.30. The molecule has 6 nitrogen and oxygen atoms in total. The molecule has 5 rings (SSSR count). The first-order valence-corrected chi connectivity index (χ1v) is 18.5. The number of nitrogens with two attached hydrogens (primary N) is 1. The Balaban J connectivity index is 1.57. The Morgan fingerprint density at radius 1 is 1.17 bits per heavy atom. The van der Waals surface area contributed by atoms with Gasteiger partial charge in [0.25, 0.3) is 0 Å². The number of amidine groups is 1. The van der Waals surface area contributed by atoms with Gasteiger partial charge in [-0.3, -0.25) is 14.8 Å². The molecule has 2 aromatic carbocycles. The molecule has 1 aliphatic heterocycles. The molecule has 3 heterocycles. The summed E-state index contributed by atoms with van der Waals surface area (Å²) in [6.45, 7) is 10.8. The molecule has 47 heavy (non-hydrogen) atoms. The van der Waals surface area contributed by atoms with E-state index in [4.69, 9.17) is 10.7 Å². The number of pyridine rings is 1. The van der Waals surface area contributed by atoms with E-state index in [1.165, 1.54) is 11.8 Å². The molecule has 0 radical (unpaired) electrons. The maximum absolute atomic E-state index is 15.7. The first-order valence-electron chi connectivity index (χ1n) is 16.6. The maximum atomic E-state index is 15.7. The highest BCUT2D eigenvalue weighted by molar-refractivity contribution is 7.99. The molecular formula is C38H47FN4O2S2. The molecule has 2 bridgehead atoms. The number of aromatic nitrogens is 2. The van der Waals surface area contributed by atoms with Gasteiger partial charge in [-0.1, -0.05) is 77.1 Å². The molecule has 250 valence electrons. The molecule has 2 unspecified atom stereocenters. The highest BCUT2D eigenvalue weighted by atomic mass is 32.2. The molecule has 2 aromatic heterocycles. The second-order valence-corrected chi connectivity index (χ2v) is 16.1. The van der Waals surface area contributed by atoms with Crippen molar-refractivity contribution in [2.24, 2.45) is 22.1 Å². The molecule has 0 spiro atoms. The summed E-state index contributed by atoms with van der Waals surface area (Å²) in [6, 6.07) is 15.7. The van der Waals surface area contributed by atoms with E-state index < -0.39 is 11.9 Å². The zero-order valence-electron chi connectivity index (χ0n) is 28.1. The standard InChI is InChI=1S/C38H47FN4O2S2/c1-6-33-38(5,26-10-7-9-25(20-26)19-24(2)36(44)45)15-8-14-37(3,4)23-46-18-13-29-28-12-17-41-31(28)22-30(39)34(29)47-27-11-16-42-32(21-27)35(40)43-33/h7,9-12,16-17,20-22,24,33,41H,6,8,13-15,18-19,23H2,1-5H3,(H2,40,43)(H,44,45)/t24?,33?,38-/m1/s1. The Morgan fingerprint density at radius 2 is 1.98 bits per heavy atom. The lowest BCUT2D eigenvalue weighted by Gasteiger charge is -2.37. The number of carbonyl (C=O) groups is 1. The van der Waals surface area contributed by atoms with Crippen LogP contribution in [0, 0.1) is 17.2 Å². The largest absolute Gasteiger partial charge is 0.481 e. The van der Waals surface area contributed by atoms with Gasteiger partial charge < -0.3 is 15.8 Å². The van der Waals surface area contributed by atoms with Gasteiger partial charge in [0.1, 0.15) is 17.3 Å². The van der Waals surface area contributed by atoms with Gasteiger partial charge in [-0.15, -0.1) is 0 Å². The number of hydrogen-bond donors (Lipinski definition) is 3.